The molecule has 3 rings (SSSR count). The highest BCUT2D eigenvalue weighted by Gasteiger charge is 2.10. The number of aromatic nitrogens is 3. The summed E-state index contributed by atoms with van der Waals surface area (Å²) >= 11 is 0. The van der Waals surface area contributed by atoms with Gasteiger partial charge in [0.05, 0.1) is 0 Å². The van der Waals surface area contributed by atoms with Crippen LogP contribution in [0.3, 0.4) is 0 Å². The van der Waals surface area contributed by atoms with Gasteiger partial charge in [0.25, 0.3) is 5.91 Å². The molecule has 0 bridgehead atoms. The second kappa shape index (κ2) is 4.65. The lowest BCUT2D eigenvalue weighted by atomic mass is 10.1. The Morgan fingerprint density at radius 1 is 1.15 bits per heavy atom. The van der Waals surface area contributed by atoms with Gasteiger partial charge >= 0.3 is 0 Å². The van der Waals surface area contributed by atoms with E-state index in [4.69, 9.17) is 0 Å². The van der Waals surface area contributed by atoms with Crippen LogP contribution in [0, 0.1) is 6.92 Å². The number of benzene rings is 2. The first-order valence-electron chi connectivity index (χ1n) is 6.05. The van der Waals surface area contributed by atoms with Crippen LogP contribution in [0.5, 0.6) is 5.75 Å². The van der Waals surface area contributed by atoms with Crippen LogP contribution >= 0.6 is 0 Å². The fourth-order valence-electron chi connectivity index (χ4n) is 1.96. The van der Waals surface area contributed by atoms with E-state index in [0.29, 0.717) is 22.3 Å². The summed E-state index contributed by atoms with van der Waals surface area (Å²) < 4.78 is 0. The summed E-state index contributed by atoms with van der Waals surface area (Å²) in [6.45, 7) is 1.82. The van der Waals surface area contributed by atoms with Crippen LogP contribution in [-0.2, 0) is 0 Å². The number of anilines is 1. The van der Waals surface area contributed by atoms with E-state index < -0.39 is 0 Å². The number of nitrogens with one attached hydrogen (secondary N) is 2. The Kier molecular flexibility index (Phi) is 2.83. The van der Waals surface area contributed by atoms with Crippen LogP contribution in [0.25, 0.3) is 11.0 Å². The van der Waals surface area contributed by atoms with E-state index in [0.717, 1.165) is 5.56 Å². The molecule has 100 valence electrons. The summed E-state index contributed by atoms with van der Waals surface area (Å²) in [6.07, 6.45) is 0. The first kappa shape index (κ1) is 12.2. The van der Waals surface area contributed by atoms with Crippen molar-refractivity contribution in [1.82, 2.24) is 15.4 Å². The summed E-state index contributed by atoms with van der Waals surface area (Å²) in [4.78, 5) is 12.2. The number of phenols is 1. The van der Waals surface area contributed by atoms with Gasteiger partial charge in [0.2, 0.25) is 0 Å². The van der Waals surface area contributed by atoms with Crippen LogP contribution in [0.15, 0.2) is 36.4 Å². The van der Waals surface area contributed by atoms with Crippen molar-refractivity contribution in [2.75, 3.05) is 5.32 Å². The monoisotopic (exact) mass is 268 g/mol. The molecule has 0 atom stereocenters. The molecule has 0 unspecified atom stereocenters. The number of carbonyl (C=O) groups excluding carboxylic acids is 1. The zero-order valence-corrected chi connectivity index (χ0v) is 10.7. The average molecular weight is 268 g/mol. The third kappa shape index (κ3) is 2.18. The average Bonchev–Trinajstić information content (AvgIpc) is 2.89. The molecule has 1 heterocycles. The van der Waals surface area contributed by atoms with Gasteiger partial charge in [0.1, 0.15) is 16.8 Å². The molecule has 6 nitrogen and oxygen atoms in total. The number of nitrogens with zero attached hydrogens (tertiary/aromatic N) is 2. The van der Waals surface area contributed by atoms with Gasteiger partial charge in [-0.15, -0.1) is 0 Å². The third-order valence-corrected chi connectivity index (χ3v) is 3.04. The van der Waals surface area contributed by atoms with Gasteiger partial charge in [-0.2, -0.15) is 15.4 Å². The normalized spacial score (nSPS) is 10.7. The van der Waals surface area contributed by atoms with Crippen molar-refractivity contribution < 1.29 is 9.90 Å². The number of rotatable bonds is 2. The predicted molar refractivity (Wildman–Crippen MR) is 74.7 cm³/mol. The lowest BCUT2D eigenvalue weighted by molar-refractivity contribution is 0.102. The number of aromatic hydroxyl groups is 1. The van der Waals surface area contributed by atoms with Crippen molar-refractivity contribution in [2.24, 2.45) is 0 Å². The van der Waals surface area contributed by atoms with Crippen molar-refractivity contribution in [2.45, 2.75) is 6.92 Å². The van der Waals surface area contributed by atoms with E-state index in [1.54, 1.807) is 30.3 Å². The Balaban J connectivity index is 1.88. The SMILES string of the molecule is Cc1cc(O)ccc1NC(=O)c1ccc2n[nH]nc2c1. The fourth-order valence-corrected chi connectivity index (χ4v) is 1.96. The first-order valence-corrected chi connectivity index (χ1v) is 6.05. The molecule has 6 heteroatoms. The topological polar surface area (TPSA) is 90.9 Å². The third-order valence-electron chi connectivity index (χ3n) is 3.04. The van der Waals surface area contributed by atoms with Crippen LogP contribution < -0.4 is 5.32 Å². The molecule has 3 aromatic rings. The Labute approximate surface area is 114 Å². The quantitative estimate of drug-likeness (QED) is 0.621. The first-order chi connectivity index (χ1) is 9.63. The molecule has 3 N–H and O–H groups in total. The minimum Gasteiger partial charge on any atom is -0.508 e. The summed E-state index contributed by atoms with van der Waals surface area (Å²) in [5.41, 5.74) is 3.30. The number of aromatic amines is 1. The van der Waals surface area contributed by atoms with Crippen LogP contribution in [0.1, 0.15) is 15.9 Å². The molecular formula is C14H12N4O2. The summed E-state index contributed by atoms with van der Waals surface area (Å²) in [7, 11) is 0. The van der Waals surface area contributed by atoms with Gasteiger partial charge in [-0.1, -0.05) is 0 Å². The van der Waals surface area contributed by atoms with Crippen LogP contribution in [0.4, 0.5) is 5.69 Å². The molecule has 0 fully saturated rings. The second-order valence-electron chi connectivity index (χ2n) is 4.48. The highest BCUT2D eigenvalue weighted by molar-refractivity contribution is 6.06. The van der Waals surface area contributed by atoms with E-state index >= 15 is 0 Å². The lowest BCUT2D eigenvalue weighted by Gasteiger charge is -2.08. The number of aryl methyl sites for hydroxylation is 1. The molecule has 2 aromatic carbocycles. The van der Waals surface area contributed by atoms with Gasteiger partial charge in [0.15, 0.2) is 0 Å². The maximum Gasteiger partial charge on any atom is 0.255 e. The fraction of sp³-hybridized carbons (Fsp3) is 0.0714. The second-order valence-corrected chi connectivity index (χ2v) is 4.48. The van der Waals surface area contributed by atoms with E-state index in [1.165, 1.54) is 6.07 Å². The minimum absolute atomic E-state index is 0.171. The molecular weight excluding hydrogens is 256 g/mol. The zero-order chi connectivity index (χ0) is 14.1. The van der Waals surface area contributed by atoms with Crippen molar-refractivity contribution >= 4 is 22.6 Å². The predicted octanol–water partition coefficient (Wildman–Crippen LogP) is 2.22. The number of hydrogen-bond donors (Lipinski definition) is 3. The highest BCUT2D eigenvalue weighted by Crippen LogP contribution is 2.21. The van der Waals surface area contributed by atoms with Crippen molar-refractivity contribution in [3.05, 3.63) is 47.5 Å². The summed E-state index contributed by atoms with van der Waals surface area (Å²) in [5, 5.41) is 22.5. The Morgan fingerprint density at radius 3 is 2.75 bits per heavy atom. The van der Waals surface area contributed by atoms with Crippen molar-refractivity contribution in [1.29, 1.82) is 0 Å². The zero-order valence-electron chi connectivity index (χ0n) is 10.7. The Morgan fingerprint density at radius 2 is 1.95 bits per heavy atom. The highest BCUT2D eigenvalue weighted by atomic mass is 16.3. The molecule has 20 heavy (non-hydrogen) atoms. The molecule has 0 saturated carbocycles. The van der Waals surface area contributed by atoms with Crippen molar-refractivity contribution in [3.63, 3.8) is 0 Å². The standard InChI is InChI=1S/C14H12N4O2/c1-8-6-10(19)3-5-11(8)15-14(20)9-2-4-12-13(7-9)17-18-16-12/h2-7,19H,1H3,(H,15,20)(H,16,17,18). The number of carbonyl (C=O) groups is 1. The van der Waals surface area contributed by atoms with Gasteiger partial charge in [-0.05, 0) is 48.9 Å². The number of fused-ring (bicyclic) bond motifs is 1. The van der Waals surface area contributed by atoms with Crippen LogP contribution in [0.2, 0.25) is 0 Å². The molecule has 0 radical (unpaired) electrons. The number of amides is 1. The minimum atomic E-state index is -0.233. The molecule has 0 spiro atoms. The summed E-state index contributed by atoms with van der Waals surface area (Å²) in [5.74, 6) is -0.0618. The Hall–Kier alpha value is -2.89. The van der Waals surface area contributed by atoms with Gasteiger partial charge in [-0.3, -0.25) is 4.79 Å². The van der Waals surface area contributed by atoms with E-state index in [9.17, 15) is 9.90 Å². The smallest absolute Gasteiger partial charge is 0.255 e. The molecule has 0 saturated heterocycles. The molecule has 0 aliphatic heterocycles. The van der Waals surface area contributed by atoms with Gasteiger partial charge in [-0.25, -0.2) is 0 Å². The number of hydrogen-bond acceptors (Lipinski definition) is 4. The van der Waals surface area contributed by atoms with E-state index in [-0.39, 0.29) is 11.7 Å². The molecule has 1 aromatic heterocycles. The van der Waals surface area contributed by atoms with E-state index in [2.05, 4.69) is 20.7 Å². The molecule has 1 amide bonds. The van der Waals surface area contributed by atoms with Crippen molar-refractivity contribution in [3.8, 4) is 5.75 Å². The van der Waals surface area contributed by atoms with Gasteiger partial charge in [0, 0.05) is 11.3 Å². The number of phenolic OH excluding ortho intramolecular Hbond substituents is 1. The van der Waals surface area contributed by atoms with E-state index in [1.807, 2.05) is 6.92 Å². The molecule has 0 aliphatic carbocycles. The largest absolute Gasteiger partial charge is 0.508 e. The maximum absolute atomic E-state index is 12.2. The summed E-state index contributed by atoms with van der Waals surface area (Å²) in [6, 6.07) is 9.88. The maximum atomic E-state index is 12.2. The Bertz CT molecular complexity index is 795. The van der Waals surface area contributed by atoms with Crippen LogP contribution in [-0.4, -0.2) is 26.4 Å². The van der Waals surface area contributed by atoms with Gasteiger partial charge < -0.3 is 10.4 Å². The lowest BCUT2D eigenvalue weighted by Crippen LogP contribution is -2.12. The number of H-pyrrole nitrogens is 1. The molecule has 0 aliphatic rings.